The van der Waals surface area contributed by atoms with Crippen LogP contribution in [0.3, 0.4) is 0 Å². The monoisotopic (exact) mass is 1250 g/mol. The van der Waals surface area contributed by atoms with Crippen LogP contribution in [0, 0.1) is 73.8 Å². The summed E-state index contributed by atoms with van der Waals surface area (Å²) in [5.74, 6) is 0.972. The molecule has 0 spiro atoms. The molecule has 2 aromatic carbocycles. The number of aryl methyl sites for hydroxylation is 4. The molecule has 0 saturated carbocycles. The van der Waals surface area contributed by atoms with E-state index >= 15 is 0 Å². The Kier molecular flexibility index (Phi) is 34.8. The minimum Gasteiger partial charge on any atom is -0.525 e. The topological polar surface area (TPSA) is 21.3 Å². The number of ether oxygens (including phenoxy) is 1. The Balaban J connectivity index is -0.000000500. The van der Waals surface area contributed by atoms with Crippen LogP contribution in [0.5, 0.6) is 5.75 Å². The van der Waals surface area contributed by atoms with Gasteiger partial charge in [0.15, 0.2) is 0 Å². The van der Waals surface area contributed by atoms with Crippen LogP contribution in [-0.4, -0.2) is 11.1 Å². The van der Waals surface area contributed by atoms with Crippen molar-refractivity contribution in [2.75, 3.05) is 0 Å². The summed E-state index contributed by atoms with van der Waals surface area (Å²) in [4.78, 5) is 2.67. The van der Waals surface area contributed by atoms with Gasteiger partial charge in [-0.2, -0.15) is 0 Å². The number of rotatable bonds is 6. The zero-order valence-corrected chi connectivity index (χ0v) is 55.5. The van der Waals surface area contributed by atoms with Gasteiger partial charge in [0.25, 0.3) is 0 Å². The van der Waals surface area contributed by atoms with E-state index in [1.54, 1.807) is 0 Å². The molecule has 11 heteroatoms. The van der Waals surface area contributed by atoms with E-state index in [2.05, 4.69) is 129 Å². The van der Waals surface area contributed by atoms with Gasteiger partial charge in [0.2, 0.25) is 0 Å². The van der Waals surface area contributed by atoms with E-state index < -0.39 is 5.60 Å². The summed E-state index contributed by atoms with van der Waals surface area (Å²) in [7, 11) is 0. The zero-order valence-electron chi connectivity index (χ0n) is 31.9. The van der Waals surface area contributed by atoms with E-state index in [-0.39, 0.29) is 278 Å². The molecule has 0 aliphatic heterocycles. The number of nitrogens with one attached hydrogen (secondary N) is 1. The molecular weight excluding hydrogens is 1190 g/mol. The fraction of sp³-hybridized carbons (Fsp3) is 0.600. The molecule has 8 radical (unpaired) electrons. The molecule has 3 aromatic rings. The van der Waals surface area contributed by atoms with Crippen molar-refractivity contribution in [1.82, 2.24) is 5.32 Å². The molecule has 2 nitrogen and oxygen atoms in total. The Morgan fingerprint density at radius 3 is 1.37 bits per heavy atom. The molecule has 1 heterocycles. The second-order valence-corrected chi connectivity index (χ2v) is 15.2. The summed E-state index contributed by atoms with van der Waals surface area (Å²) in [5, 5.41) is 6.35. The maximum Gasteiger partial charge on any atom is 0.135 e. The molecule has 1 N–H and O–H groups in total. The van der Waals surface area contributed by atoms with E-state index in [9.17, 15) is 0 Å². The first-order valence-corrected chi connectivity index (χ1v) is 14.9. The minimum atomic E-state index is -0.609. The summed E-state index contributed by atoms with van der Waals surface area (Å²) < 4.78 is 7.57. The molecule has 3 rings (SSSR count). The molecule has 1 aromatic heterocycles. The summed E-state index contributed by atoms with van der Waals surface area (Å²) >= 11 is 1.89. The van der Waals surface area contributed by atoms with E-state index in [4.69, 9.17) is 4.74 Å². The summed E-state index contributed by atoms with van der Waals surface area (Å²) in [5.41, 5.74) is 9.19. The van der Waals surface area contributed by atoms with Gasteiger partial charge in [-0.05, 0) is 99.8 Å². The van der Waals surface area contributed by atoms with Gasteiger partial charge >= 0.3 is 0 Å². The molecule has 0 fully saturated rings. The third kappa shape index (κ3) is 13.3. The second-order valence-electron chi connectivity index (χ2n) is 14.0. The largest absolute Gasteiger partial charge is 0.525 e. The molecule has 0 aliphatic carbocycles. The molecule has 0 unspecified atom stereocenters. The first-order chi connectivity index (χ1) is 17.1. The molecule has 0 bridgehead atoms. The van der Waals surface area contributed by atoms with Gasteiger partial charge in [-0.3, -0.25) is 0 Å². The van der Waals surface area contributed by atoms with Crippen molar-refractivity contribution in [3.63, 3.8) is 0 Å². The van der Waals surface area contributed by atoms with E-state index in [0.29, 0.717) is 0 Å². The van der Waals surface area contributed by atoms with E-state index in [1.165, 1.54) is 59.6 Å². The second kappa shape index (κ2) is 24.7. The van der Waals surface area contributed by atoms with Crippen LogP contribution in [0.15, 0.2) is 0 Å². The third-order valence-corrected chi connectivity index (χ3v) is 11.5. The van der Waals surface area contributed by atoms with Crippen LogP contribution in [-0.2, 0) is 267 Å². The van der Waals surface area contributed by atoms with Gasteiger partial charge in [0.05, 0.1) is 4.88 Å². The van der Waals surface area contributed by atoms with Crippen molar-refractivity contribution in [3.05, 3.63) is 60.3 Å². The quantitative estimate of drug-likeness (QED) is 0.249. The van der Waals surface area contributed by atoms with E-state index in [0.717, 1.165) is 11.1 Å². The molecule has 46 heavy (non-hydrogen) atoms. The summed E-state index contributed by atoms with van der Waals surface area (Å²) in [6.45, 7) is 38.6. The normalized spacial score (nSPS) is 12.2. The van der Waals surface area contributed by atoms with Crippen LogP contribution in [0.2, 0.25) is 0 Å². The minimum absolute atomic E-state index is 0. The Hall–Kier alpha value is 6.99. The first-order valence-electron chi connectivity index (χ1n) is 14.1. The molecule has 0 aliphatic rings. The predicted octanol–water partition coefficient (Wildman–Crippen LogP) is 9.94. The smallest absolute Gasteiger partial charge is 0.135 e. The number of benzene rings is 2. The fourth-order valence-corrected chi connectivity index (χ4v) is 7.55. The van der Waals surface area contributed by atoms with Crippen molar-refractivity contribution in [2.24, 2.45) is 5.41 Å². The maximum absolute atomic E-state index is 7.57. The van der Waals surface area contributed by atoms with Crippen LogP contribution in [0.25, 0.3) is 10.8 Å². The van der Waals surface area contributed by atoms with E-state index in [1.807, 2.05) is 11.3 Å². The van der Waals surface area contributed by atoms with Gasteiger partial charge in [0.1, 0.15) is 5.60 Å². The van der Waals surface area contributed by atoms with Gasteiger partial charge in [-0.25, -0.2) is 0 Å². The Morgan fingerprint density at radius 1 is 0.543 bits per heavy atom. The first kappa shape index (κ1) is 64.9. The average molecular weight is 1250 g/mol. The van der Waals surface area contributed by atoms with Gasteiger partial charge in [-0.1, -0.05) is 51.1 Å². The van der Waals surface area contributed by atoms with Gasteiger partial charge in [-0.15, -0.1) is 39.5 Å². The molecule has 1 atom stereocenters. The van der Waals surface area contributed by atoms with Crippen molar-refractivity contribution in [3.8, 4) is 5.75 Å². The van der Waals surface area contributed by atoms with Crippen LogP contribution in [0.4, 0.5) is 0 Å². The molecule has 0 amide bonds. The number of hydrogen-bond acceptors (Lipinski definition) is 3. The summed E-state index contributed by atoms with van der Waals surface area (Å²) in [6, 6.07) is 3.77. The molecule has 234 valence electrons. The fourth-order valence-electron chi connectivity index (χ4n) is 6.14. The van der Waals surface area contributed by atoms with Crippen LogP contribution >= 0.6 is 11.3 Å². The Labute approximate surface area is 488 Å². The average Bonchev–Trinajstić information content (AvgIpc) is 3.04. The number of hydrogen-bond donors (Lipinski definition) is 1. The summed E-state index contributed by atoms with van der Waals surface area (Å²) in [6.07, 6.45) is 0. The third-order valence-electron chi connectivity index (χ3n) is 10.00. The van der Waals surface area contributed by atoms with Crippen LogP contribution < -0.4 is 10.1 Å². The Morgan fingerprint density at radius 2 is 0.978 bits per heavy atom. The van der Waals surface area contributed by atoms with Crippen molar-refractivity contribution in [1.29, 1.82) is 0 Å². The SMILES string of the molecule is Cc1[c-]c2c(O[C@](C)(c3sc(C)c(C)c3C)C(C)(C)C(C)(C)NC(C)(C)C)c(C)c(C)c(C)c2c(C)c1C.[Y].[Y].[Y].[Y].[Y].[Y].[Y].[Y]. The van der Waals surface area contributed by atoms with Crippen molar-refractivity contribution in [2.45, 2.75) is 134 Å². The van der Waals surface area contributed by atoms with Gasteiger partial charge < -0.3 is 10.1 Å². The number of thiophene rings is 1. The van der Waals surface area contributed by atoms with Crippen molar-refractivity contribution < 1.29 is 266 Å². The van der Waals surface area contributed by atoms with Gasteiger partial charge in [0, 0.05) is 289 Å². The predicted molar refractivity (Wildman–Crippen MR) is 168 cm³/mol. The molecular formula is C35H52NOSY8-. The standard InChI is InChI=1S/C35H52NOS.8Y/c1-19-18-28-29(23(5)20(19)2)24(6)21(3)25(7)30(28)37-35(17,31-26(8)22(4)27(9)38-31)33(13,14)34(15,16)36-32(10,11)12;;;;;;;;/h36H,1-17H3;;;;;;;;/q-1;;;;;;;;/t35-;;;;;;;;/m1......../s1. The van der Waals surface area contributed by atoms with Crippen molar-refractivity contribution >= 4 is 22.1 Å². The Bertz CT molecular complexity index is 1420. The number of fused-ring (bicyclic) bond motifs is 1. The van der Waals surface area contributed by atoms with Crippen LogP contribution in [0.1, 0.15) is 110 Å². The molecule has 0 saturated heterocycles. The maximum atomic E-state index is 7.57. The zero-order chi connectivity index (χ0) is 29.3.